The van der Waals surface area contributed by atoms with Gasteiger partial charge in [0, 0.05) is 10.6 Å². The molecule has 4 heterocycles. The van der Waals surface area contributed by atoms with E-state index in [0.717, 1.165) is 32.0 Å². The Morgan fingerprint density at radius 1 is 1.10 bits per heavy atom. The summed E-state index contributed by atoms with van der Waals surface area (Å²) in [7, 11) is 0. The topological polar surface area (TPSA) is 79.8 Å². The van der Waals surface area contributed by atoms with Crippen LogP contribution < -0.4 is 10.6 Å². The number of carbonyl (C=O) groups is 1. The summed E-state index contributed by atoms with van der Waals surface area (Å²) in [6, 6.07) is 9.65. The van der Waals surface area contributed by atoms with Gasteiger partial charge in [0.1, 0.15) is 17.0 Å². The zero-order valence-electron chi connectivity index (χ0n) is 15.8. The fourth-order valence-corrected chi connectivity index (χ4v) is 5.08. The standard InChI is InChI=1S/C20H18ClN5OS2/c1-11-4-3-5-13(26-11)8-22-18-16-12(2)17(29-20(16)25-10-24-18)19(27)23-9-14-6-7-15(21)28-14/h3-7,10H,8-9H2,1-2H3,(H,23,27)(H,22,24,25). The maximum absolute atomic E-state index is 12.7. The molecule has 0 atom stereocenters. The first kappa shape index (κ1) is 19.8. The normalized spacial score (nSPS) is 11.0. The molecule has 4 rings (SSSR count). The van der Waals surface area contributed by atoms with Gasteiger partial charge in [0.15, 0.2) is 0 Å². The minimum atomic E-state index is -0.124. The number of halogens is 1. The quantitative estimate of drug-likeness (QED) is 0.440. The van der Waals surface area contributed by atoms with Crippen LogP contribution in [-0.2, 0) is 13.1 Å². The van der Waals surface area contributed by atoms with Gasteiger partial charge in [-0.1, -0.05) is 17.7 Å². The van der Waals surface area contributed by atoms with Gasteiger partial charge < -0.3 is 10.6 Å². The summed E-state index contributed by atoms with van der Waals surface area (Å²) in [5, 5.41) is 7.16. The van der Waals surface area contributed by atoms with Crippen molar-refractivity contribution < 1.29 is 4.79 Å². The second-order valence-electron chi connectivity index (χ2n) is 6.47. The third kappa shape index (κ3) is 4.39. The SMILES string of the molecule is Cc1cccc(CNc2ncnc3sc(C(=O)NCc4ccc(Cl)s4)c(C)c23)n1. The number of nitrogens with one attached hydrogen (secondary N) is 2. The van der Waals surface area contributed by atoms with Crippen molar-refractivity contribution in [2.24, 2.45) is 0 Å². The first-order valence-corrected chi connectivity index (χ1v) is 11.0. The number of amides is 1. The molecule has 0 aliphatic heterocycles. The molecule has 9 heteroatoms. The third-order valence-corrected chi connectivity index (χ3v) is 6.80. The van der Waals surface area contributed by atoms with Crippen LogP contribution in [0.25, 0.3) is 10.2 Å². The highest BCUT2D eigenvalue weighted by Crippen LogP contribution is 2.33. The number of aromatic nitrogens is 3. The Bertz CT molecular complexity index is 1190. The van der Waals surface area contributed by atoms with Crippen molar-refractivity contribution in [1.29, 1.82) is 0 Å². The predicted octanol–water partition coefficient (Wildman–Crippen LogP) is 4.96. The van der Waals surface area contributed by atoms with Gasteiger partial charge in [-0.15, -0.1) is 22.7 Å². The number of rotatable bonds is 6. The monoisotopic (exact) mass is 443 g/mol. The molecule has 6 nitrogen and oxygen atoms in total. The van der Waals surface area contributed by atoms with Crippen LogP contribution in [0.15, 0.2) is 36.7 Å². The molecule has 0 aliphatic rings. The van der Waals surface area contributed by atoms with E-state index in [1.54, 1.807) is 0 Å². The lowest BCUT2D eigenvalue weighted by Gasteiger charge is -2.07. The van der Waals surface area contributed by atoms with Crippen LogP contribution >= 0.6 is 34.3 Å². The molecular weight excluding hydrogens is 426 g/mol. The van der Waals surface area contributed by atoms with E-state index in [2.05, 4.69) is 25.6 Å². The Hall–Kier alpha value is -2.55. The predicted molar refractivity (Wildman–Crippen MR) is 119 cm³/mol. The smallest absolute Gasteiger partial charge is 0.262 e. The number of carbonyl (C=O) groups excluding carboxylic acids is 1. The molecule has 0 spiro atoms. The van der Waals surface area contributed by atoms with Crippen LogP contribution in [0.2, 0.25) is 4.34 Å². The van der Waals surface area contributed by atoms with E-state index in [1.165, 1.54) is 29.0 Å². The zero-order valence-corrected chi connectivity index (χ0v) is 18.2. The van der Waals surface area contributed by atoms with E-state index in [0.29, 0.717) is 28.1 Å². The number of aryl methyl sites for hydroxylation is 2. The number of fused-ring (bicyclic) bond motifs is 1. The Morgan fingerprint density at radius 3 is 2.72 bits per heavy atom. The summed E-state index contributed by atoms with van der Waals surface area (Å²) in [6.45, 7) is 4.88. The summed E-state index contributed by atoms with van der Waals surface area (Å²) in [4.78, 5) is 28.4. The highest BCUT2D eigenvalue weighted by Gasteiger charge is 2.19. The lowest BCUT2D eigenvalue weighted by atomic mass is 10.2. The number of pyridine rings is 1. The van der Waals surface area contributed by atoms with Crippen LogP contribution in [0.5, 0.6) is 0 Å². The second kappa shape index (κ2) is 8.44. The highest BCUT2D eigenvalue weighted by molar-refractivity contribution is 7.20. The van der Waals surface area contributed by atoms with E-state index < -0.39 is 0 Å². The molecule has 0 saturated heterocycles. The summed E-state index contributed by atoms with van der Waals surface area (Å²) >= 11 is 8.78. The first-order chi connectivity index (χ1) is 14.0. The molecule has 0 aliphatic carbocycles. The number of anilines is 1. The fourth-order valence-electron chi connectivity index (χ4n) is 2.99. The van der Waals surface area contributed by atoms with Crippen LogP contribution in [0, 0.1) is 13.8 Å². The fraction of sp³-hybridized carbons (Fsp3) is 0.200. The Kier molecular flexibility index (Phi) is 5.75. The molecule has 0 aromatic carbocycles. The van der Waals surface area contributed by atoms with Gasteiger partial charge in [0.25, 0.3) is 5.91 Å². The molecule has 0 fully saturated rings. The maximum Gasteiger partial charge on any atom is 0.262 e. The van der Waals surface area contributed by atoms with Crippen molar-refractivity contribution in [3.05, 3.63) is 67.7 Å². The molecule has 0 saturated carbocycles. The minimum Gasteiger partial charge on any atom is -0.364 e. The van der Waals surface area contributed by atoms with Crippen molar-refractivity contribution in [3.8, 4) is 0 Å². The molecule has 4 aromatic rings. The summed E-state index contributed by atoms with van der Waals surface area (Å²) in [6.07, 6.45) is 1.51. The Labute approximate surface area is 181 Å². The molecule has 29 heavy (non-hydrogen) atoms. The first-order valence-electron chi connectivity index (χ1n) is 8.94. The molecule has 1 amide bonds. The third-order valence-electron chi connectivity index (χ3n) is 4.37. The number of thiophene rings is 2. The van der Waals surface area contributed by atoms with Gasteiger partial charge in [0.05, 0.1) is 33.4 Å². The molecule has 0 unspecified atom stereocenters. The van der Waals surface area contributed by atoms with Crippen LogP contribution in [0.1, 0.15) is 31.5 Å². The maximum atomic E-state index is 12.7. The molecule has 0 bridgehead atoms. The zero-order chi connectivity index (χ0) is 20.4. The Balaban J connectivity index is 1.55. The van der Waals surface area contributed by atoms with Crippen molar-refractivity contribution in [1.82, 2.24) is 20.3 Å². The molecule has 2 N–H and O–H groups in total. The molecule has 4 aromatic heterocycles. The Morgan fingerprint density at radius 2 is 1.97 bits per heavy atom. The van der Waals surface area contributed by atoms with Crippen molar-refractivity contribution in [2.45, 2.75) is 26.9 Å². The van der Waals surface area contributed by atoms with Gasteiger partial charge in [-0.05, 0) is 43.7 Å². The van der Waals surface area contributed by atoms with Crippen LogP contribution in [-0.4, -0.2) is 20.9 Å². The van der Waals surface area contributed by atoms with E-state index in [1.807, 2.05) is 44.2 Å². The van der Waals surface area contributed by atoms with Gasteiger partial charge >= 0.3 is 0 Å². The van der Waals surface area contributed by atoms with Gasteiger partial charge in [-0.3, -0.25) is 9.78 Å². The van der Waals surface area contributed by atoms with Crippen LogP contribution in [0.4, 0.5) is 5.82 Å². The lowest BCUT2D eigenvalue weighted by molar-refractivity contribution is 0.0955. The number of hydrogen-bond donors (Lipinski definition) is 2. The number of nitrogens with zero attached hydrogens (tertiary/aromatic N) is 3. The second-order valence-corrected chi connectivity index (χ2v) is 9.27. The summed E-state index contributed by atoms with van der Waals surface area (Å²) < 4.78 is 0.710. The average Bonchev–Trinajstić information content (AvgIpc) is 3.28. The summed E-state index contributed by atoms with van der Waals surface area (Å²) in [5.74, 6) is 0.581. The minimum absolute atomic E-state index is 0.124. The molecular formula is C20H18ClN5OS2. The van der Waals surface area contributed by atoms with E-state index in [9.17, 15) is 4.79 Å². The van der Waals surface area contributed by atoms with E-state index in [-0.39, 0.29) is 5.91 Å². The molecule has 148 valence electrons. The lowest BCUT2D eigenvalue weighted by Crippen LogP contribution is -2.21. The highest BCUT2D eigenvalue weighted by atomic mass is 35.5. The van der Waals surface area contributed by atoms with E-state index >= 15 is 0 Å². The van der Waals surface area contributed by atoms with Crippen molar-refractivity contribution >= 4 is 56.2 Å². The largest absolute Gasteiger partial charge is 0.364 e. The van der Waals surface area contributed by atoms with Gasteiger partial charge in [0.2, 0.25) is 0 Å². The van der Waals surface area contributed by atoms with Crippen molar-refractivity contribution in [2.75, 3.05) is 5.32 Å². The summed E-state index contributed by atoms with van der Waals surface area (Å²) in [5.41, 5.74) is 2.76. The average molecular weight is 444 g/mol. The van der Waals surface area contributed by atoms with Gasteiger partial charge in [-0.25, -0.2) is 9.97 Å². The van der Waals surface area contributed by atoms with E-state index in [4.69, 9.17) is 11.6 Å². The number of hydrogen-bond acceptors (Lipinski definition) is 7. The van der Waals surface area contributed by atoms with Gasteiger partial charge in [-0.2, -0.15) is 0 Å². The van der Waals surface area contributed by atoms with Crippen LogP contribution in [0.3, 0.4) is 0 Å². The molecule has 0 radical (unpaired) electrons. The van der Waals surface area contributed by atoms with Crippen molar-refractivity contribution in [3.63, 3.8) is 0 Å².